The molecule has 0 saturated carbocycles. The molecular weight excluding hydrogens is 340 g/mol. The molecule has 1 saturated heterocycles. The number of carbonyl (C=O) groups excluding carboxylic acids is 1. The van der Waals surface area contributed by atoms with E-state index in [-0.39, 0.29) is 11.1 Å². The van der Waals surface area contributed by atoms with Crippen LogP contribution in [0.4, 0.5) is 0 Å². The number of pyridine rings is 1. The van der Waals surface area contributed by atoms with E-state index in [4.69, 9.17) is 11.6 Å². The van der Waals surface area contributed by atoms with E-state index in [0.717, 1.165) is 30.4 Å². The fourth-order valence-corrected chi connectivity index (χ4v) is 3.21. The molecule has 1 aliphatic heterocycles. The van der Waals surface area contributed by atoms with Crippen molar-refractivity contribution >= 4 is 33.4 Å². The summed E-state index contributed by atoms with van der Waals surface area (Å²) in [6, 6.07) is 1.74. The van der Waals surface area contributed by atoms with Gasteiger partial charge in [-0.05, 0) is 46.2 Å². The Morgan fingerprint density at radius 2 is 2.00 bits per heavy atom. The normalized spacial score (nSPS) is 17.4. The molecule has 0 N–H and O–H groups in total. The van der Waals surface area contributed by atoms with Gasteiger partial charge in [0.2, 0.25) is 0 Å². The monoisotopic (exact) mass is 358 g/mol. The molecule has 5 heteroatoms. The minimum Gasteiger partial charge on any atom is -0.339 e. The number of piperidine rings is 1. The highest BCUT2D eigenvalue weighted by molar-refractivity contribution is 9.10. The number of amides is 1. The van der Waals surface area contributed by atoms with Crippen LogP contribution in [0.3, 0.4) is 0 Å². The van der Waals surface area contributed by atoms with E-state index < -0.39 is 0 Å². The molecule has 0 radical (unpaired) electrons. The largest absolute Gasteiger partial charge is 0.339 e. The number of hydrogen-bond acceptors (Lipinski definition) is 2. The minimum atomic E-state index is -0.0174. The van der Waals surface area contributed by atoms with Gasteiger partial charge in [-0.25, -0.2) is 4.98 Å². The van der Waals surface area contributed by atoms with Crippen LogP contribution in [0.1, 0.15) is 44.0 Å². The summed E-state index contributed by atoms with van der Waals surface area (Å²) in [7, 11) is 0. The van der Waals surface area contributed by atoms with Crippen LogP contribution in [0.5, 0.6) is 0 Å². The summed E-state index contributed by atoms with van der Waals surface area (Å²) in [4.78, 5) is 18.4. The highest BCUT2D eigenvalue weighted by Gasteiger charge is 2.31. The first-order valence-corrected chi connectivity index (χ1v) is 8.06. The molecule has 1 fully saturated rings. The van der Waals surface area contributed by atoms with E-state index in [0.29, 0.717) is 16.9 Å². The number of hydrogen-bond donors (Lipinski definition) is 0. The van der Waals surface area contributed by atoms with E-state index in [1.54, 1.807) is 12.3 Å². The highest BCUT2D eigenvalue weighted by Crippen LogP contribution is 2.34. The predicted octanol–water partition coefficient (Wildman–Crippen LogP) is 4.40. The second-order valence-corrected chi connectivity index (χ2v) is 7.70. The molecule has 1 aromatic rings. The van der Waals surface area contributed by atoms with Crippen molar-refractivity contribution in [1.29, 1.82) is 0 Å². The van der Waals surface area contributed by atoms with Gasteiger partial charge >= 0.3 is 0 Å². The third-order valence-corrected chi connectivity index (χ3v) is 4.78. The molecule has 0 bridgehead atoms. The second-order valence-electron chi connectivity index (χ2n) is 6.42. The van der Waals surface area contributed by atoms with Gasteiger partial charge in [-0.15, -0.1) is 0 Å². The lowest BCUT2D eigenvalue weighted by molar-refractivity contribution is 0.0608. The maximum Gasteiger partial charge on any atom is 0.257 e. The van der Waals surface area contributed by atoms with E-state index in [1.807, 2.05) is 4.90 Å². The molecule has 0 spiro atoms. The van der Waals surface area contributed by atoms with Gasteiger partial charge in [0.05, 0.1) is 5.56 Å². The lowest BCUT2D eigenvalue weighted by Gasteiger charge is -2.38. The number of halogens is 2. The molecule has 1 amide bonds. The maximum atomic E-state index is 12.5. The maximum absolute atomic E-state index is 12.5. The zero-order valence-corrected chi connectivity index (χ0v) is 14.5. The zero-order valence-electron chi connectivity index (χ0n) is 12.1. The molecule has 20 heavy (non-hydrogen) atoms. The van der Waals surface area contributed by atoms with Crippen molar-refractivity contribution in [3.63, 3.8) is 0 Å². The molecular formula is C15H20BrClN2O. The first-order chi connectivity index (χ1) is 9.29. The topological polar surface area (TPSA) is 33.2 Å². The Morgan fingerprint density at radius 3 is 2.55 bits per heavy atom. The van der Waals surface area contributed by atoms with Crippen LogP contribution in [0, 0.1) is 11.3 Å². The van der Waals surface area contributed by atoms with Crippen LogP contribution in [0.2, 0.25) is 5.15 Å². The molecule has 0 atom stereocenters. The minimum absolute atomic E-state index is 0.0174. The Kier molecular flexibility index (Phi) is 4.75. The average molecular weight is 360 g/mol. The van der Waals surface area contributed by atoms with Crippen molar-refractivity contribution in [2.45, 2.75) is 33.6 Å². The highest BCUT2D eigenvalue weighted by atomic mass is 79.9. The Morgan fingerprint density at radius 1 is 1.40 bits per heavy atom. The molecule has 0 aromatic carbocycles. The summed E-state index contributed by atoms with van der Waals surface area (Å²) in [5, 5.41) is 0.274. The van der Waals surface area contributed by atoms with Gasteiger partial charge < -0.3 is 4.90 Å². The van der Waals surface area contributed by atoms with Crippen molar-refractivity contribution in [2.75, 3.05) is 13.1 Å². The van der Waals surface area contributed by atoms with Crippen molar-refractivity contribution in [3.05, 3.63) is 27.5 Å². The van der Waals surface area contributed by atoms with E-state index in [2.05, 4.69) is 41.7 Å². The predicted molar refractivity (Wildman–Crippen MR) is 85.0 cm³/mol. The van der Waals surface area contributed by atoms with Crippen LogP contribution >= 0.6 is 27.5 Å². The van der Waals surface area contributed by atoms with Crippen LogP contribution in [0.15, 0.2) is 16.7 Å². The lowest BCUT2D eigenvalue weighted by Crippen LogP contribution is -2.41. The summed E-state index contributed by atoms with van der Waals surface area (Å²) in [5.74, 6) is 0.652. The number of likely N-dealkylation sites (tertiary alicyclic amines) is 1. The van der Waals surface area contributed by atoms with Crippen molar-refractivity contribution < 1.29 is 4.79 Å². The van der Waals surface area contributed by atoms with Crippen LogP contribution in [-0.2, 0) is 0 Å². The third kappa shape index (κ3) is 3.53. The van der Waals surface area contributed by atoms with Crippen molar-refractivity contribution in [3.8, 4) is 0 Å². The van der Waals surface area contributed by atoms with E-state index in [1.165, 1.54) is 0 Å². The quantitative estimate of drug-likeness (QED) is 0.696. The molecule has 2 rings (SSSR count). The van der Waals surface area contributed by atoms with Crippen molar-refractivity contribution in [1.82, 2.24) is 9.88 Å². The van der Waals surface area contributed by atoms with Crippen LogP contribution in [-0.4, -0.2) is 28.9 Å². The molecule has 1 aromatic heterocycles. The summed E-state index contributed by atoms with van der Waals surface area (Å²) in [6.07, 6.45) is 3.70. The molecule has 3 nitrogen and oxygen atoms in total. The number of rotatable bonds is 1. The number of aromatic nitrogens is 1. The number of nitrogens with zero attached hydrogens (tertiary/aromatic N) is 2. The van der Waals surface area contributed by atoms with E-state index >= 15 is 0 Å². The van der Waals surface area contributed by atoms with Gasteiger partial charge in [0.1, 0.15) is 5.15 Å². The Hall–Kier alpha value is -0.610. The SMILES string of the molecule is CC(C)(C)C1CCN(C(=O)c2cc(Br)cnc2Cl)CC1. The summed E-state index contributed by atoms with van der Waals surface area (Å²) < 4.78 is 0.773. The van der Waals surface area contributed by atoms with Gasteiger partial charge in [0.15, 0.2) is 0 Å². The second kappa shape index (κ2) is 6.02. The number of carbonyl (C=O) groups is 1. The van der Waals surface area contributed by atoms with Gasteiger partial charge in [-0.3, -0.25) is 4.79 Å². The first kappa shape index (κ1) is 15.8. The van der Waals surface area contributed by atoms with Gasteiger partial charge in [0, 0.05) is 23.8 Å². The summed E-state index contributed by atoms with van der Waals surface area (Å²) >= 11 is 9.36. The molecule has 0 unspecified atom stereocenters. The molecule has 2 heterocycles. The fraction of sp³-hybridized carbons (Fsp3) is 0.600. The fourth-order valence-electron chi connectivity index (χ4n) is 2.69. The molecule has 110 valence electrons. The third-order valence-electron chi connectivity index (χ3n) is 4.04. The summed E-state index contributed by atoms with van der Waals surface area (Å²) in [6.45, 7) is 8.39. The summed E-state index contributed by atoms with van der Waals surface area (Å²) in [5.41, 5.74) is 0.791. The van der Waals surface area contributed by atoms with Gasteiger partial charge in [0.25, 0.3) is 5.91 Å². The standard InChI is InChI=1S/C15H20BrClN2O/c1-15(2,3)10-4-6-19(7-5-10)14(20)12-8-11(16)9-18-13(12)17/h8-10H,4-7H2,1-3H3. The smallest absolute Gasteiger partial charge is 0.257 e. The first-order valence-electron chi connectivity index (χ1n) is 6.89. The Balaban J connectivity index is 2.07. The lowest BCUT2D eigenvalue weighted by atomic mass is 9.75. The molecule has 1 aliphatic rings. The van der Waals surface area contributed by atoms with Crippen molar-refractivity contribution in [2.24, 2.45) is 11.3 Å². The van der Waals surface area contributed by atoms with Crippen LogP contribution in [0.25, 0.3) is 0 Å². The van der Waals surface area contributed by atoms with Gasteiger partial charge in [-0.2, -0.15) is 0 Å². The molecule has 0 aliphatic carbocycles. The van der Waals surface area contributed by atoms with Gasteiger partial charge in [-0.1, -0.05) is 32.4 Å². The Bertz CT molecular complexity index is 505. The van der Waals surface area contributed by atoms with E-state index in [9.17, 15) is 4.79 Å². The van der Waals surface area contributed by atoms with Crippen LogP contribution < -0.4 is 0 Å². The Labute approximate surface area is 133 Å². The zero-order chi connectivity index (χ0) is 14.9. The average Bonchev–Trinajstić information content (AvgIpc) is 2.40.